The van der Waals surface area contributed by atoms with E-state index in [2.05, 4.69) is 5.32 Å². The lowest BCUT2D eigenvalue weighted by molar-refractivity contribution is -0.142. The molecule has 0 aliphatic rings. The minimum absolute atomic E-state index is 0.00643. The Hall–Kier alpha value is -3.49. The Morgan fingerprint density at radius 1 is 1.00 bits per heavy atom. The number of carbonyl (C=O) groups excluding carboxylic acids is 2. The Bertz CT molecular complexity index is 935. The van der Waals surface area contributed by atoms with Gasteiger partial charge in [0.15, 0.2) is 5.76 Å². The Morgan fingerprint density at radius 2 is 1.75 bits per heavy atom. The first kappa shape index (κ1) is 19.3. The first-order valence-electron chi connectivity index (χ1n) is 8.15. The zero-order valence-corrected chi connectivity index (χ0v) is 14.4. The molecule has 0 bridgehead atoms. The molecule has 0 saturated heterocycles. The van der Waals surface area contributed by atoms with Crippen molar-refractivity contribution in [2.45, 2.75) is 12.7 Å². The van der Waals surface area contributed by atoms with Crippen LogP contribution >= 0.6 is 0 Å². The average molecular weight is 392 g/mol. The summed E-state index contributed by atoms with van der Waals surface area (Å²) in [6, 6.07) is 11.7. The van der Waals surface area contributed by atoms with Crippen LogP contribution in [0.1, 0.15) is 26.7 Å². The van der Waals surface area contributed by atoms with Gasteiger partial charge in [0, 0.05) is 11.3 Å². The third kappa shape index (κ3) is 5.03. The fraction of sp³-hybridized carbons (Fsp3) is 0.158. The SMILES string of the molecule is O=C(Nc1cccc(C(=O)N(Cc2ccco2)CC(F)(F)F)c1)c1ccco1. The summed E-state index contributed by atoms with van der Waals surface area (Å²) in [7, 11) is 0. The maximum absolute atomic E-state index is 12.9. The van der Waals surface area contributed by atoms with Crippen LogP contribution in [0.15, 0.2) is 69.9 Å². The van der Waals surface area contributed by atoms with Gasteiger partial charge in [-0.05, 0) is 42.5 Å². The molecular formula is C19H15F3N2O4. The highest BCUT2D eigenvalue weighted by Crippen LogP contribution is 2.21. The van der Waals surface area contributed by atoms with Gasteiger partial charge >= 0.3 is 6.18 Å². The number of alkyl halides is 3. The number of rotatable bonds is 6. The van der Waals surface area contributed by atoms with Crippen LogP contribution in [0.4, 0.5) is 18.9 Å². The van der Waals surface area contributed by atoms with E-state index in [0.29, 0.717) is 4.90 Å². The first-order valence-corrected chi connectivity index (χ1v) is 8.15. The van der Waals surface area contributed by atoms with Crippen LogP contribution in [-0.2, 0) is 6.54 Å². The molecule has 28 heavy (non-hydrogen) atoms. The Morgan fingerprint density at radius 3 is 2.39 bits per heavy atom. The third-order valence-corrected chi connectivity index (χ3v) is 3.70. The van der Waals surface area contributed by atoms with E-state index in [-0.39, 0.29) is 29.3 Å². The molecular weight excluding hydrogens is 377 g/mol. The lowest BCUT2D eigenvalue weighted by Crippen LogP contribution is -2.38. The molecule has 1 N–H and O–H groups in total. The molecule has 6 nitrogen and oxygen atoms in total. The number of halogens is 3. The van der Waals surface area contributed by atoms with E-state index in [1.807, 2.05) is 0 Å². The molecule has 2 aromatic heterocycles. The Balaban J connectivity index is 1.79. The van der Waals surface area contributed by atoms with Gasteiger partial charge < -0.3 is 19.1 Å². The average Bonchev–Trinajstić information content (AvgIpc) is 3.33. The predicted octanol–water partition coefficient (Wildman–Crippen LogP) is 4.33. The van der Waals surface area contributed by atoms with Gasteiger partial charge in [-0.2, -0.15) is 13.2 Å². The molecule has 2 heterocycles. The van der Waals surface area contributed by atoms with E-state index in [1.165, 1.54) is 55.0 Å². The summed E-state index contributed by atoms with van der Waals surface area (Å²) in [5.41, 5.74) is 0.241. The highest BCUT2D eigenvalue weighted by Gasteiger charge is 2.34. The van der Waals surface area contributed by atoms with E-state index in [9.17, 15) is 22.8 Å². The van der Waals surface area contributed by atoms with E-state index >= 15 is 0 Å². The fourth-order valence-corrected chi connectivity index (χ4v) is 2.52. The van der Waals surface area contributed by atoms with Crippen molar-refractivity contribution in [2.24, 2.45) is 0 Å². The van der Waals surface area contributed by atoms with Crippen molar-refractivity contribution in [1.82, 2.24) is 4.90 Å². The summed E-state index contributed by atoms with van der Waals surface area (Å²) < 4.78 is 48.8. The van der Waals surface area contributed by atoms with Gasteiger partial charge in [0.25, 0.3) is 11.8 Å². The van der Waals surface area contributed by atoms with Gasteiger partial charge in [0.05, 0.1) is 19.1 Å². The molecule has 0 fully saturated rings. The minimum Gasteiger partial charge on any atom is -0.467 e. The second-order valence-electron chi connectivity index (χ2n) is 5.87. The summed E-state index contributed by atoms with van der Waals surface area (Å²) in [5.74, 6) is -1.10. The summed E-state index contributed by atoms with van der Waals surface area (Å²) >= 11 is 0. The number of hydrogen-bond donors (Lipinski definition) is 1. The monoisotopic (exact) mass is 392 g/mol. The Kier molecular flexibility index (Phi) is 5.53. The van der Waals surface area contributed by atoms with Gasteiger partial charge in [0.2, 0.25) is 0 Å². The maximum Gasteiger partial charge on any atom is 0.406 e. The lowest BCUT2D eigenvalue weighted by Gasteiger charge is -2.23. The van der Waals surface area contributed by atoms with Crippen LogP contribution in [0.5, 0.6) is 0 Å². The molecule has 9 heteroatoms. The molecule has 0 unspecified atom stereocenters. The van der Waals surface area contributed by atoms with Crippen molar-refractivity contribution in [3.8, 4) is 0 Å². The van der Waals surface area contributed by atoms with Crippen molar-refractivity contribution in [1.29, 1.82) is 0 Å². The summed E-state index contributed by atoms with van der Waals surface area (Å²) in [6.45, 7) is -1.77. The standard InChI is InChI=1S/C19H15F3N2O4/c20-19(21,22)12-24(11-15-6-2-8-27-15)18(26)13-4-1-5-14(10-13)23-17(25)16-7-3-9-28-16/h1-10H,11-12H2,(H,23,25). The predicted molar refractivity (Wildman–Crippen MR) is 92.6 cm³/mol. The highest BCUT2D eigenvalue weighted by molar-refractivity contribution is 6.03. The largest absolute Gasteiger partial charge is 0.467 e. The second kappa shape index (κ2) is 8.03. The molecule has 0 aliphatic carbocycles. The van der Waals surface area contributed by atoms with E-state index in [4.69, 9.17) is 8.83 Å². The van der Waals surface area contributed by atoms with Gasteiger partial charge in [-0.3, -0.25) is 9.59 Å². The maximum atomic E-state index is 12.9. The molecule has 0 atom stereocenters. The van der Waals surface area contributed by atoms with Gasteiger partial charge in [-0.25, -0.2) is 0 Å². The molecule has 0 spiro atoms. The van der Waals surface area contributed by atoms with Crippen molar-refractivity contribution in [3.63, 3.8) is 0 Å². The molecule has 1 aromatic carbocycles. The van der Waals surface area contributed by atoms with Crippen LogP contribution in [-0.4, -0.2) is 29.4 Å². The van der Waals surface area contributed by atoms with Crippen LogP contribution in [0, 0.1) is 0 Å². The van der Waals surface area contributed by atoms with Gasteiger partial charge in [-0.15, -0.1) is 0 Å². The van der Waals surface area contributed by atoms with E-state index < -0.39 is 24.5 Å². The minimum atomic E-state index is -4.58. The fourth-order valence-electron chi connectivity index (χ4n) is 2.52. The molecule has 0 radical (unpaired) electrons. The number of nitrogens with one attached hydrogen (secondary N) is 1. The number of hydrogen-bond acceptors (Lipinski definition) is 4. The van der Waals surface area contributed by atoms with Crippen LogP contribution in [0.3, 0.4) is 0 Å². The van der Waals surface area contributed by atoms with Crippen LogP contribution < -0.4 is 5.32 Å². The van der Waals surface area contributed by atoms with E-state index in [0.717, 1.165) is 0 Å². The number of nitrogens with zero attached hydrogens (tertiary/aromatic N) is 1. The lowest BCUT2D eigenvalue weighted by atomic mass is 10.1. The quantitative estimate of drug-likeness (QED) is 0.678. The topological polar surface area (TPSA) is 75.7 Å². The summed E-state index contributed by atoms with van der Waals surface area (Å²) in [6.07, 6.45) is -1.93. The van der Waals surface area contributed by atoms with Gasteiger partial charge in [-0.1, -0.05) is 6.07 Å². The molecule has 3 rings (SSSR count). The molecule has 2 amide bonds. The molecule has 3 aromatic rings. The second-order valence-corrected chi connectivity index (χ2v) is 5.87. The molecule has 0 aliphatic heterocycles. The summed E-state index contributed by atoms with van der Waals surface area (Å²) in [4.78, 5) is 25.3. The number of carbonyl (C=O) groups is 2. The Labute approximate surface area is 157 Å². The molecule has 146 valence electrons. The van der Waals surface area contributed by atoms with Crippen molar-refractivity contribution in [2.75, 3.05) is 11.9 Å². The zero-order valence-electron chi connectivity index (χ0n) is 14.4. The zero-order chi connectivity index (χ0) is 20.1. The van der Waals surface area contributed by atoms with Crippen LogP contribution in [0.2, 0.25) is 0 Å². The number of furan rings is 2. The number of amides is 2. The van der Waals surface area contributed by atoms with Gasteiger partial charge in [0.1, 0.15) is 12.3 Å². The van der Waals surface area contributed by atoms with E-state index in [1.54, 1.807) is 6.07 Å². The highest BCUT2D eigenvalue weighted by atomic mass is 19.4. The van der Waals surface area contributed by atoms with Crippen molar-refractivity contribution >= 4 is 17.5 Å². The first-order chi connectivity index (χ1) is 13.3. The van der Waals surface area contributed by atoms with Crippen molar-refractivity contribution in [3.05, 3.63) is 78.1 Å². The summed E-state index contributed by atoms with van der Waals surface area (Å²) in [5, 5.41) is 2.53. The normalized spacial score (nSPS) is 11.2. The smallest absolute Gasteiger partial charge is 0.406 e. The van der Waals surface area contributed by atoms with Crippen molar-refractivity contribution < 1.29 is 31.6 Å². The number of benzene rings is 1. The third-order valence-electron chi connectivity index (χ3n) is 3.70. The number of anilines is 1. The van der Waals surface area contributed by atoms with Crippen LogP contribution in [0.25, 0.3) is 0 Å². The molecule has 0 saturated carbocycles.